The number of hydrogen-bond acceptors (Lipinski definition) is 5. The molecule has 136 valence electrons. The largest absolute Gasteiger partial charge is 0.340 e. The first kappa shape index (κ1) is 17.8. The Morgan fingerprint density at radius 2 is 2.08 bits per heavy atom. The number of sulfone groups is 1. The Labute approximate surface area is 147 Å². The van der Waals surface area contributed by atoms with E-state index in [1.54, 1.807) is 11.1 Å². The lowest BCUT2D eigenvalue weighted by Gasteiger charge is -2.35. The molecule has 0 unspecified atom stereocenters. The van der Waals surface area contributed by atoms with Gasteiger partial charge in [-0.1, -0.05) is 6.07 Å². The summed E-state index contributed by atoms with van der Waals surface area (Å²) in [5.41, 5.74) is 0.832. The molecule has 25 heavy (non-hydrogen) atoms. The molecule has 0 aromatic carbocycles. The van der Waals surface area contributed by atoms with E-state index >= 15 is 0 Å². The first-order valence-corrected chi connectivity index (χ1v) is 10.6. The molecule has 4 rings (SSSR count). The van der Waals surface area contributed by atoms with Crippen molar-refractivity contribution < 1.29 is 18.0 Å². The molecular formula is C17H23N3O4S. The lowest BCUT2D eigenvalue weighted by atomic mass is 9.94. The van der Waals surface area contributed by atoms with Crippen LogP contribution in [-0.2, 0) is 26.0 Å². The molecule has 1 aromatic rings. The Bertz CT molecular complexity index is 750. The van der Waals surface area contributed by atoms with E-state index in [9.17, 15) is 18.0 Å². The smallest absolute Gasteiger partial charge is 0.228 e. The highest BCUT2D eigenvalue weighted by atomic mass is 32.2. The van der Waals surface area contributed by atoms with Crippen molar-refractivity contribution in [1.82, 2.24) is 14.8 Å². The number of aromatic nitrogens is 1. The first-order valence-electron chi connectivity index (χ1n) is 8.49. The van der Waals surface area contributed by atoms with Gasteiger partial charge in [-0.3, -0.25) is 14.6 Å². The average Bonchev–Trinajstić information content (AvgIpc) is 2.86. The number of rotatable bonds is 5. The second-order valence-electron chi connectivity index (χ2n) is 6.89. The van der Waals surface area contributed by atoms with Gasteiger partial charge in [0.1, 0.15) is 9.84 Å². The number of fused-ring (bicyclic) bond motifs is 4. The van der Waals surface area contributed by atoms with Crippen molar-refractivity contribution in [1.29, 1.82) is 0 Å². The number of carbonyl (C=O) groups excluding carboxylic acids is 2. The maximum Gasteiger partial charge on any atom is 0.228 e. The van der Waals surface area contributed by atoms with Crippen molar-refractivity contribution in [3.8, 4) is 0 Å². The minimum absolute atomic E-state index is 0.0211. The highest BCUT2D eigenvalue weighted by molar-refractivity contribution is 7.90. The molecule has 3 aliphatic rings. The van der Waals surface area contributed by atoms with Gasteiger partial charge >= 0.3 is 0 Å². The summed E-state index contributed by atoms with van der Waals surface area (Å²) in [5, 5.41) is 0. The van der Waals surface area contributed by atoms with E-state index in [0.29, 0.717) is 19.6 Å². The summed E-state index contributed by atoms with van der Waals surface area (Å²) in [6, 6.07) is 5.59. The molecule has 3 fully saturated rings. The van der Waals surface area contributed by atoms with E-state index in [4.69, 9.17) is 0 Å². The Hall–Kier alpha value is -1.96. The zero-order valence-corrected chi connectivity index (χ0v) is 15.1. The van der Waals surface area contributed by atoms with Gasteiger partial charge < -0.3 is 9.80 Å². The molecule has 7 nitrogen and oxygen atoms in total. The van der Waals surface area contributed by atoms with Crippen LogP contribution in [0.3, 0.4) is 0 Å². The predicted octanol–water partition coefficient (Wildman–Crippen LogP) is 0.466. The minimum atomic E-state index is -3.17. The molecule has 3 aliphatic heterocycles. The number of pyridine rings is 1. The summed E-state index contributed by atoms with van der Waals surface area (Å²) in [7, 11) is -3.17. The molecule has 2 bridgehead atoms. The Kier molecular flexibility index (Phi) is 5.08. The Morgan fingerprint density at radius 1 is 1.28 bits per heavy atom. The molecule has 3 saturated heterocycles. The quantitative estimate of drug-likeness (QED) is 0.757. The number of piperidine rings is 1. The van der Waals surface area contributed by atoms with Crippen molar-refractivity contribution in [2.45, 2.75) is 31.8 Å². The monoisotopic (exact) mass is 365 g/mol. The van der Waals surface area contributed by atoms with Crippen LogP contribution in [0.15, 0.2) is 24.4 Å². The van der Waals surface area contributed by atoms with Crippen LogP contribution in [0.25, 0.3) is 0 Å². The molecule has 1 aromatic heterocycles. The predicted molar refractivity (Wildman–Crippen MR) is 92.2 cm³/mol. The van der Waals surface area contributed by atoms with Gasteiger partial charge in [0.15, 0.2) is 0 Å². The second-order valence-corrected chi connectivity index (χ2v) is 9.15. The summed E-state index contributed by atoms with van der Waals surface area (Å²) >= 11 is 0. The molecule has 0 radical (unpaired) electrons. The highest BCUT2D eigenvalue weighted by Crippen LogP contribution is 2.30. The number of hydrogen-bond donors (Lipinski definition) is 0. The summed E-state index contributed by atoms with van der Waals surface area (Å²) in [6.45, 7) is 1.31. The lowest BCUT2D eigenvalue weighted by Crippen LogP contribution is -2.47. The first-order chi connectivity index (χ1) is 11.8. The van der Waals surface area contributed by atoms with E-state index in [0.717, 1.165) is 24.8 Å². The van der Waals surface area contributed by atoms with Crippen LogP contribution < -0.4 is 0 Å². The summed E-state index contributed by atoms with van der Waals surface area (Å²) < 4.78 is 22.6. The third-order valence-electron chi connectivity index (χ3n) is 4.89. The van der Waals surface area contributed by atoms with Crippen molar-refractivity contribution >= 4 is 21.7 Å². The van der Waals surface area contributed by atoms with Crippen molar-refractivity contribution in [3.05, 3.63) is 30.1 Å². The molecular weight excluding hydrogens is 342 g/mol. The van der Waals surface area contributed by atoms with Gasteiger partial charge in [-0.25, -0.2) is 8.42 Å². The topological polar surface area (TPSA) is 87.7 Å². The van der Waals surface area contributed by atoms with Crippen molar-refractivity contribution in [2.75, 3.05) is 25.1 Å². The van der Waals surface area contributed by atoms with Gasteiger partial charge in [0, 0.05) is 38.0 Å². The maximum atomic E-state index is 12.8. The molecule has 0 spiro atoms. The molecule has 0 saturated carbocycles. The zero-order chi connectivity index (χ0) is 18.0. The van der Waals surface area contributed by atoms with Gasteiger partial charge in [0.25, 0.3) is 0 Å². The molecule has 2 atom stereocenters. The fourth-order valence-corrected chi connectivity index (χ4v) is 4.09. The third-order valence-corrected chi connectivity index (χ3v) is 5.84. The second kappa shape index (κ2) is 7.11. The minimum Gasteiger partial charge on any atom is -0.340 e. The standard InChI is InChI=1S/C17H23N3O4S/c1-25(23,24)9-7-16(21)19-10-13-5-6-15(12-19)20(17(13)22)11-14-4-2-3-8-18-14/h2-4,8,13,15H,5-7,9-12H2,1H3/t13-,15+/m1/s1. The molecule has 8 heteroatoms. The van der Waals surface area contributed by atoms with Crippen LogP contribution >= 0.6 is 0 Å². The van der Waals surface area contributed by atoms with E-state index in [-0.39, 0.29) is 35.9 Å². The normalized spacial score (nSPS) is 23.6. The summed E-state index contributed by atoms with van der Waals surface area (Å²) in [5.74, 6) is -0.469. The fourth-order valence-electron chi connectivity index (χ4n) is 3.55. The average molecular weight is 365 g/mol. The SMILES string of the molecule is CS(=O)(=O)CCC(=O)N1C[C@H]2CC[C@@H](C1)N(Cc1ccccn1)C2=O. The van der Waals surface area contributed by atoms with E-state index < -0.39 is 9.84 Å². The van der Waals surface area contributed by atoms with Gasteiger partial charge in [-0.15, -0.1) is 0 Å². The van der Waals surface area contributed by atoms with Crippen LogP contribution in [0.1, 0.15) is 25.0 Å². The van der Waals surface area contributed by atoms with Crippen LogP contribution in [0.5, 0.6) is 0 Å². The molecule has 0 N–H and O–H groups in total. The van der Waals surface area contributed by atoms with Crippen molar-refractivity contribution in [3.63, 3.8) is 0 Å². The molecule has 2 amide bonds. The number of amides is 2. The Morgan fingerprint density at radius 3 is 2.76 bits per heavy atom. The van der Waals surface area contributed by atoms with E-state index in [1.807, 2.05) is 23.1 Å². The van der Waals surface area contributed by atoms with E-state index in [2.05, 4.69) is 4.98 Å². The third kappa shape index (κ3) is 4.36. The highest BCUT2D eigenvalue weighted by Gasteiger charge is 2.41. The van der Waals surface area contributed by atoms with E-state index in [1.165, 1.54) is 0 Å². The van der Waals surface area contributed by atoms with Gasteiger partial charge in [0.2, 0.25) is 11.8 Å². The molecule has 0 aliphatic carbocycles. The molecule has 4 heterocycles. The van der Waals surface area contributed by atoms with Gasteiger partial charge in [0.05, 0.1) is 23.9 Å². The zero-order valence-electron chi connectivity index (χ0n) is 14.3. The van der Waals surface area contributed by atoms with Gasteiger partial charge in [-0.05, 0) is 25.0 Å². The maximum absolute atomic E-state index is 12.8. The van der Waals surface area contributed by atoms with Crippen LogP contribution in [0.4, 0.5) is 0 Å². The van der Waals surface area contributed by atoms with Crippen LogP contribution in [0, 0.1) is 5.92 Å². The van der Waals surface area contributed by atoms with Gasteiger partial charge in [-0.2, -0.15) is 0 Å². The fraction of sp³-hybridized carbons (Fsp3) is 0.588. The summed E-state index contributed by atoms with van der Waals surface area (Å²) in [4.78, 5) is 33.0. The number of nitrogens with zero attached hydrogens (tertiary/aromatic N) is 3. The van der Waals surface area contributed by atoms with Crippen LogP contribution in [-0.4, -0.2) is 66.2 Å². The number of carbonyl (C=O) groups is 2. The van der Waals surface area contributed by atoms with Crippen LogP contribution in [0.2, 0.25) is 0 Å². The lowest BCUT2D eigenvalue weighted by molar-refractivity contribution is -0.140. The van der Waals surface area contributed by atoms with Crippen molar-refractivity contribution in [2.24, 2.45) is 5.92 Å². The Balaban J connectivity index is 1.71. The summed E-state index contributed by atoms with van der Waals surface area (Å²) in [6.07, 6.45) is 4.45.